The van der Waals surface area contributed by atoms with Crippen molar-refractivity contribution in [1.29, 1.82) is 0 Å². The number of thioether (sulfide) groups is 1. The first kappa shape index (κ1) is 18.9. The molecule has 0 aromatic carbocycles. The second-order valence-corrected chi connectivity index (χ2v) is 8.70. The number of hydrogen-bond donors (Lipinski definition) is 1. The fourth-order valence-corrected chi connectivity index (χ4v) is 3.45. The molecular formula is C17H29N3OS. The Kier molecular flexibility index (Phi) is 6.02. The molecule has 0 aliphatic carbocycles. The number of rotatable bonds is 5. The zero-order chi connectivity index (χ0) is 17.1. The second-order valence-electron chi connectivity index (χ2n) is 7.76. The Hall–Kier alpha value is -1.10. The Labute approximate surface area is 138 Å². The van der Waals surface area contributed by atoms with E-state index in [1.54, 1.807) is 0 Å². The van der Waals surface area contributed by atoms with E-state index in [1.807, 2.05) is 20.8 Å². The van der Waals surface area contributed by atoms with Gasteiger partial charge in [-0.1, -0.05) is 32.5 Å². The van der Waals surface area contributed by atoms with Crippen molar-refractivity contribution in [2.24, 2.45) is 5.41 Å². The third-order valence-corrected chi connectivity index (χ3v) is 4.24. The normalized spacial score (nSPS) is 12.4. The summed E-state index contributed by atoms with van der Waals surface area (Å²) in [5.74, 6) is 0.369. The molecule has 0 saturated carbocycles. The summed E-state index contributed by atoms with van der Waals surface area (Å²) in [6.45, 7) is 16.6. The number of carbonyl (C=O) groups is 1. The van der Waals surface area contributed by atoms with Crippen molar-refractivity contribution in [2.75, 3.05) is 5.75 Å². The van der Waals surface area contributed by atoms with Crippen LogP contribution in [0.15, 0.2) is 5.16 Å². The van der Waals surface area contributed by atoms with Gasteiger partial charge in [0.25, 0.3) is 0 Å². The quantitative estimate of drug-likeness (QED) is 0.661. The van der Waals surface area contributed by atoms with Crippen molar-refractivity contribution >= 4 is 17.7 Å². The van der Waals surface area contributed by atoms with Crippen LogP contribution in [0.25, 0.3) is 0 Å². The van der Waals surface area contributed by atoms with Gasteiger partial charge in [0.1, 0.15) is 0 Å². The highest BCUT2D eigenvalue weighted by Crippen LogP contribution is 2.27. The fraction of sp³-hybridized carbons (Fsp3) is 0.706. The summed E-state index contributed by atoms with van der Waals surface area (Å²) in [5.41, 5.74) is 3.03. The molecule has 22 heavy (non-hydrogen) atoms. The summed E-state index contributed by atoms with van der Waals surface area (Å²) in [5, 5.41) is 3.78. The molecule has 5 heteroatoms. The van der Waals surface area contributed by atoms with Crippen LogP contribution >= 0.6 is 11.8 Å². The van der Waals surface area contributed by atoms with Crippen LogP contribution in [0.3, 0.4) is 0 Å². The maximum atomic E-state index is 12.2. The number of aryl methyl sites for hydroxylation is 2. The highest BCUT2D eigenvalue weighted by molar-refractivity contribution is 7.99. The number of nitrogens with zero attached hydrogens (tertiary/aromatic N) is 2. The van der Waals surface area contributed by atoms with Crippen molar-refractivity contribution in [1.82, 2.24) is 15.3 Å². The van der Waals surface area contributed by atoms with Gasteiger partial charge in [0.2, 0.25) is 5.91 Å². The predicted octanol–water partition coefficient (Wildman–Crippen LogP) is 3.82. The first-order valence-corrected chi connectivity index (χ1v) is 8.64. The van der Waals surface area contributed by atoms with Crippen molar-refractivity contribution in [2.45, 2.75) is 72.5 Å². The van der Waals surface area contributed by atoms with Crippen LogP contribution in [0, 0.1) is 26.2 Å². The molecule has 0 spiro atoms. The molecule has 1 N–H and O–H groups in total. The maximum Gasteiger partial charge on any atom is 0.230 e. The van der Waals surface area contributed by atoms with E-state index in [0.29, 0.717) is 10.9 Å². The first-order valence-electron chi connectivity index (χ1n) is 7.65. The summed E-state index contributed by atoms with van der Waals surface area (Å²) in [4.78, 5) is 21.0. The van der Waals surface area contributed by atoms with E-state index in [2.05, 4.69) is 49.9 Å². The second kappa shape index (κ2) is 6.99. The van der Waals surface area contributed by atoms with Crippen LogP contribution in [-0.4, -0.2) is 27.2 Å². The molecule has 0 radical (unpaired) electrons. The summed E-state index contributed by atoms with van der Waals surface area (Å²) in [6.07, 6.45) is 0.926. The molecule has 0 aliphatic rings. The molecule has 4 nitrogen and oxygen atoms in total. The molecule has 1 amide bonds. The van der Waals surface area contributed by atoms with Crippen LogP contribution < -0.4 is 5.32 Å². The van der Waals surface area contributed by atoms with Crippen LogP contribution in [-0.2, 0) is 4.79 Å². The van der Waals surface area contributed by atoms with E-state index in [9.17, 15) is 4.79 Å². The minimum absolute atomic E-state index is 0.0266. The zero-order valence-electron chi connectivity index (χ0n) is 15.1. The van der Waals surface area contributed by atoms with Crippen molar-refractivity contribution in [3.05, 3.63) is 17.0 Å². The van der Waals surface area contributed by atoms with E-state index in [0.717, 1.165) is 23.4 Å². The predicted molar refractivity (Wildman–Crippen MR) is 93.3 cm³/mol. The third kappa shape index (κ3) is 6.34. The number of carbonyl (C=O) groups excluding carboxylic acids is 1. The highest BCUT2D eigenvalue weighted by Gasteiger charge is 2.26. The molecule has 1 aromatic rings. The lowest BCUT2D eigenvalue weighted by Crippen LogP contribution is -2.46. The first-order chi connectivity index (χ1) is 9.89. The Balaban J connectivity index is 2.60. The topological polar surface area (TPSA) is 54.9 Å². The van der Waals surface area contributed by atoms with Crippen LogP contribution in [0.5, 0.6) is 0 Å². The van der Waals surface area contributed by atoms with Crippen molar-refractivity contribution in [3.63, 3.8) is 0 Å². The van der Waals surface area contributed by atoms with Gasteiger partial charge >= 0.3 is 0 Å². The minimum Gasteiger partial charge on any atom is -0.350 e. The third-order valence-electron chi connectivity index (χ3n) is 3.39. The molecule has 0 bridgehead atoms. The van der Waals surface area contributed by atoms with Gasteiger partial charge in [-0.2, -0.15) is 0 Å². The monoisotopic (exact) mass is 323 g/mol. The smallest absolute Gasteiger partial charge is 0.230 e. The molecule has 0 fully saturated rings. The Morgan fingerprint density at radius 1 is 1.05 bits per heavy atom. The largest absolute Gasteiger partial charge is 0.350 e. The molecule has 124 valence electrons. The van der Waals surface area contributed by atoms with Gasteiger partial charge in [-0.15, -0.1) is 0 Å². The lowest BCUT2D eigenvalue weighted by molar-refractivity contribution is -0.120. The molecule has 0 unspecified atom stereocenters. The van der Waals surface area contributed by atoms with Gasteiger partial charge in [-0.05, 0) is 52.0 Å². The van der Waals surface area contributed by atoms with Crippen molar-refractivity contribution < 1.29 is 4.79 Å². The van der Waals surface area contributed by atoms with E-state index < -0.39 is 0 Å². The van der Waals surface area contributed by atoms with E-state index in [-0.39, 0.29) is 16.9 Å². The van der Waals surface area contributed by atoms with Crippen LogP contribution in [0.4, 0.5) is 0 Å². The summed E-state index contributed by atoms with van der Waals surface area (Å²) >= 11 is 1.39. The van der Waals surface area contributed by atoms with Crippen molar-refractivity contribution in [3.8, 4) is 0 Å². The van der Waals surface area contributed by atoms with Crippen LogP contribution in [0.2, 0.25) is 0 Å². The number of hydrogen-bond acceptors (Lipinski definition) is 4. The molecule has 1 heterocycles. The Bertz CT molecular complexity index is 524. The SMILES string of the molecule is Cc1nc(SCC(=O)NC(C)(C)CC(C)(C)C)nc(C)c1C. The number of aromatic nitrogens is 2. The molecular weight excluding hydrogens is 294 g/mol. The average molecular weight is 324 g/mol. The lowest BCUT2D eigenvalue weighted by atomic mass is 9.82. The molecule has 0 saturated heterocycles. The maximum absolute atomic E-state index is 12.2. The van der Waals surface area contributed by atoms with Crippen LogP contribution in [0.1, 0.15) is 58.0 Å². The molecule has 1 aromatic heterocycles. The fourth-order valence-electron chi connectivity index (χ4n) is 2.72. The number of amides is 1. The standard InChI is InChI=1S/C17H29N3OS/c1-11-12(2)18-15(19-13(11)3)22-9-14(21)20-17(7,8)10-16(4,5)6/h9-10H2,1-8H3,(H,20,21). The van der Waals surface area contributed by atoms with Gasteiger partial charge in [0.15, 0.2) is 5.16 Å². The lowest BCUT2D eigenvalue weighted by Gasteiger charge is -2.33. The van der Waals surface area contributed by atoms with Gasteiger partial charge in [0.05, 0.1) is 5.75 Å². The van der Waals surface area contributed by atoms with Gasteiger partial charge < -0.3 is 5.32 Å². The van der Waals surface area contributed by atoms with E-state index in [4.69, 9.17) is 0 Å². The van der Waals surface area contributed by atoms with Gasteiger partial charge in [0, 0.05) is 16.9 Å². The molecule has 0 aliphatic heterocycles. The Morgan fingerprint density at radius 3 is 2.00 bits per heavy atom. The zero-order valence-corrected chi connectivity index (χ0v) is 15.9. The molecule has 1 rings (SSSR count). The van der Waals surface area contributed by atoms with E-state index in [1.165, 1.54) is 11.8 Å². The van der Waals surface area contributed by atoms with Gasteiger partial charge in [-0.25, -0.2) is 9.97 Å². The summed E-state index contributed by atoms with van der Waals surface area (Å²) in [7, 11) is 0. The minimum atomic E-state index is -0.212. The van der Waals surface area contributed by atoms with Gasteiger partial charge in [-0.3, -0.25) is 4.79 Å². The average Bonchev–Trinajstić information content (AvgIpc) is 2.29. The highest BCUT2D eigenvalue weighted by atomic mass is 32.2. The molecule has 0 atom stereocenters. The summed E-state index contributed by atoms with van der Waals surface area (Å²) < 4.78 is 0. The summed E-state index contributed by atoms with van der Waals surface area (Å²) in [6, 6.07) is 0. The Morgan fingerprint density at radius 2 is 1.55 bits per heavy atom. The number of nitrogens with one attached hydrogen (secondary N) is 1. The van der Waals surface area contributed by atoms with E-state index >= 15 is 0 Å².